The lowest BCUT2D eigenvalue weighted by Gasteiger charge is -2.44. The Bertz CT molecular complexity index is 570. The first-order chi connectivity index (χ1) is 9.63. The summed E-state index contributed by atoms with van der Waals surface area (Å²) in [5.74, 6) is -0.106. The van der Waals surface area contributed by atoms with E-state index in [-0.39, 0.29) is 17.7 Å². The number of nitrogens with one attached hydrogen (secondary N) is 1. The molecule has 4 nitrogen and oxygen atoms in total. The second-order valence-electron chi connectivity index (χ2n) is 6.82. The Morgan fingerprint density at radius 2 is 1.62 bits per heavy atom. The third-order valence-electron chi connectivity index (χ3n) is 3.85. The Balaban J connectivity index is 2.57. The maximum Gasteiger partial charge on any atom is 0.252 e. The molecule has 0 aromatic heterocycles. The van der Waals surface area contributed by atoms with Gasteiger partial charge in [-0.3, -0.25) is 14.5 Å². The molecule has 114 valence electrons. The number of hydrogen-bond donors (Lipinski definition) is 1. The number of piperazine rings is 1. The summed E-state index contributed by atoms with van der Waals surface area (Å²) in [6, 6.07) is 5.53. The van der Waals surface area contributed by atoms with E-state index >= 15 is 0 Å². The lowest BCUT2D eigenvalue weighted by atomic mass is 9.90. The molecule has 1 aliphatic heterocycles. The van der Waals surface area contributed by atoms with Crippen molar-refractivity contribution in [3.05, 3.63) is 29.3 Å². The van der Waals surface area contributed by atoms with Crippen LogP contribution in [0.5, 0.6) is 0 Å². The number of nitrogens with zero attached hydrogens (tertiary/aromatic N) is 1. The monoisotopic (exact) mass is 288 g/mol. The summed E-state index contributed by atoms with van der Waals surface area (Å²) in [4.78, 5) is 27.0. The lowest BCUT2D eigenvalue weighted by Crippen LogP contribution is -2.69. The van der Waals surface area contributed by atoms with Gasteiger partial charge in [-0.15, -0.1) is 0 Å². The molecule has 1 saturated heterocycles. The van der Waals surface area contributed by atoms with E-state index in [2.05, 4.69) is 11.4 Å². The van der Waals surface area contributed by atoms with E-state index in [0.29, 0.717) is 0 Å². The highest BCUT2D eigenvalue weighted by atomic mass is 16.2. The van der Waals surface area contributed by atoms with E-state index in [1.807, 2.05) is 39.8 Å². The van der Waals surface area contributed by atoms with Gasteiger partial charge in [-0.25, -0.2) is 0 Å². The summed E-state index contributed by atoms with van der Waals surface area (Å²) in [6.07, 6.45) is 0. The summed E-state index contributed by atoms with van der Waals surface area (Å²) in [7, 11) is 0. The van der Waals surface area contributed by atoms with Crippen LogP contribution in [0.2, 0.25) is 0 Å². The second-order valence-corrected chi connectivity index (χ2v) is 6.82. The summed E-state index contributed by atoms with van der Waals surface area (Å²) in [5.41, 5.74) is 2.10. The molecule has 4 heteroatoms. The first kappa shape index (κ1) is 15.5. The van der Waals surface area contributed by atoms with Crippen molar-refractivity contribution in [1.82, 2.24) is 5.32 Å². The fourth-order valence-electron chi connectivity index (χ4n) is 2.95. The van der Waals surface area contributed by atoms with E-state index in [1.54, 1.807) is 18.7 Å². The van der Waals surface area contributed by atoms with Crippen LogP contribution in [0.4, 0.5) is 5.69 Å². The van der Waals surface area contributed by atoms with Crippen molar-refractivity contribution in [3.63, 3.8) is 0 Å². The minimum Gasteiger partial charge on any atom is -0.340 e. The van der Waals surface area contributed by atoms with Crippen LogP contribution in [0.25, 0.3) is 0 Å². The number of carbonyl (C=O) groups excluding carboxylic acids is 2. The molecule has 1 N–H and O–H groups in total. The van der Waals surface area contributed by atoms with Crippen molar-refractivity contribution >= 4 is 17.5 Å². The van der Waals surface area contributed by atoms with Crippen LogP contribution in [-0.4, -0.2) is 23.4 Å². The van der Waals surface area contributed by atoms with Gasteiger partial charge < -0.3 is 5.32 Å². The van der Waals surface area contributed by atoms with Gasteiger partial charge in [0.05, 0.1) is 0 Å². The van der Waals surface area contributed by atoms with Gasteiger partial charge in [-0.05, 0) is 56.9 Å². The Labute approximate surface area is 126 Å². The first-order valence-electron chi connectivity index (χ1n) is 7.37. The van der Waals surface area contributed by atoms with Crippen molar-refractivity contribution in [2.45, 2.75) is 53.1 Å². The molecule has 1 aliphatic rings. The fraction of sp³-hybridized carbons (Fsp3) is 0.529. The largest absolute Gasteiger partial charge is 0.340 e. The minimum atomic E-state index is -0.875. The smallest absolute Gasteiger partial charge is 0.252 e. The van der Waals surface area contributed by atoms with Crippen molar-refractivity contribution in [2.75, 3.05) is 4.90 Å². The van der Waals surface area contributed by atoms with Crippen molar-refractivity contribution in [1.29, 1.82) is 0 Å². The lowest BCUT2D eigenvalue weighted by molar-refractivity contribution is -0.138. The number of carbonyl (C=O) groups is 2. The highest BCUT2D eigenvalue weighted by Crippen LogP contribution is 2.30. The van der Waals surface area contributed by atoms with Gasteiger partial charge in [0.25, 0.3) is 5.91 Å². The minimum absolute atomic E-state index is 0.0471. The second kappa shape index (κ2) is 5.17. The van der Waals surface area contributed by atoms with Gasteiger partial charge >= 0.3 is 0 Å². The molecule has 0 bridgehead atoms. The zero-order chi connectivity index (χ0) is 15.9. The molecule has 0 aliphatic carbocycles. The number of rotatable bonds is 2. The van der Waals surface area contributed by atoms with Crippen LogP contribution in [0.1, 0.15) is 38.8 Å². The Hall–Kier alpha value is -1.84. The van der Waals surface area contributed by atoms with Crippen LogP contribution >= 0.6 is 0 Å². The summed E-state index contributed by atoms with van der Waals surface area (Å²) in [5, 5.41) is 2.84. The fourth-order valence-corrected chi connectivity index (χ4v) is 2.95. The molecule has 1 atom stereocenters. The molecule has 0 radical (unpaired) electrons. The van der Waals surface area contributed by atoms with Crippen LogP contribution < -0.4 is 10.2 Å². The van der Waals surface area contributed by atoms with Crippen LogP contribution in [-0.2, 0) is 9.59 Å². The Morgan fingerprint density at radius 1 is 1.10 bits per heavy atom. The molecule has 2 rings (SSSR count). The SMILES string of the molecule is Cc1cc(C)cc(N2C(=O)C(C)(C)NC(=O)C2C(C)C)c1. The van der Waals surface area contributed by atoms with E-state index in [1.165, 1.54) is 0 Å². The first-order valence-corrected chi connectivity index (χ1v) is 7.37. The molecule has 2 amide bonds. The predicted molar refractivity (Wildman–Crippen MR) is 84.2 cm³/mol. The van der Waals surface area contributed by atoms with Gasteiger partial charge in [0.15, 0.2) is 0 Å². The quantitative estimate of drug-likeness (QED) is 0.909. The van der Waals surface area contributed by atoms with Gasteiger partial charge in [0.1, 0.15) is 11.6 Å². The van der Waals surface area contributed by atoms with Gasteiger partial charge in [0.2, 0.25) is 5.91 Å². The van der Waals surface area contributed by atoms with Crippen LogP contribution in [0.3, 0.4) is 0 Å². The zero-order valence-electron chi connectivity index (χ0n) is 13.7. The predicted octanol–water partition coefficient (Wildman–Crippen LogP) is 2.57. The molecule has 0 saturated carbocycles. The van der Waals surface area contributed by atoms with Gasteiger partial charge in [0, 0.05) is 5.69 Å². The summed E-state index contributed by atoms with van der Waals surface area (Å²) >= 11 is 0. The number of anilines is 1. The number of amides is 2. The molecule has 1 fully saturated rings. The Morgan fingerprint density at radius 3 is 2.10 bits per heavy atom. The molecule has 21 heavy (non-hydrogen) atoms. The molecule has 1 aromatic carbocycles. The highest BCUT2D eigenvalue weighted by molar-refractivity contribution is 6.10. The third-order valence-corrected chi connectivity index (χ3v) is 3.85. The molecule has 1 heterocycles. The molecule has 1 unspecified atom stereocenters. The van der Waals surface area contributed by atoms with E-state index < -0.39 is 11.6 Å². The van der Waals surface area contributed by atoms with Gasteiger partial charge in [-0.1, -0.05) is 19.9 Å². The molecular formula is C17H24N2O2. The molecular weight excluding hydrogens is 264 g/mol. The standard InChI is InChI=1S/C17H24N2O2/c1-10(2)14-15(20)18-17(5,6)16(21)19(14)13-8-11(3)7-12(4)9-13/h7-10,14H,1-6H3,(H,18,20). The highest BCUT2D eigenvalue weighted by Gasteiger charge is 2.47. The Kier molecular flexibility index (Phi) is 3.83. The molecule has 0 spiro atoms. The maximum atomic E-state index is 12.8. The topological polar surface area (TPSA) is 49.4 Å². The van der Waals surface area contributed by atoms with Crippen molar-refractivity contribution < 1.29 is 9.59 Å². The third kappa shape index (κ3) is 2.80. The zero-order valence-corrected chi connectivity index (χ0v) is 13.7. The number of benzene rings is 1. The summed E-state index contributed by atoms with van der Waals surface area (Å²) < 4.78 is 0. The average Bonchev–Trinajstić information content (AvgIpc) is 2.30. The van der Waals surface area contributed by atoms with E-state index in [9.17, 15) is 9.59 Å². The van der Waals surface area contributed by atoms with Crippen LogP contribution in [0, 0.1) is 19.8 Å². The van der Waals surface area contributed by atoms with Crippen molar-refractivity contribution in [3.8, 4) is 0 Å². The van der Waals surface area contributed by atoms with E-state index in [4.69, 9.17) is 0 Å². The normalized spacial score (nSPS) is 21.7. The van der Waals surface area contributed by atoms with Crippen LogP contribution in [0.15, 0.2) is 18.2 Å². The van der Waals surface area contributed by atoms with E-state index in [0.717, 1.165) is 16.8 Å². The number of hydrogen-bond acceptors (Lipinski definition) is 2. The number of aryl methyl sites for hydroxylation is 2. The molecule has 1 aromatic rings. The average molecular weight is 288 g/mol. The van der Waals surface area contributed by atoms with Gasteiger partial charge in [-0.2, -0.15) is 0 Å². The van der Waals surface area contributed by atoms with Crippen molar-refractivity contribution in [2.24, 2.45) is 5.92 Å². The summed E-state index contributed by atoms with van der Waals surface area (Å²) in [6.45, 7) is 11.4. The maximum absolute atomic E-state index is 12.8.